The van der Waals surface area contributed by atoms with Crippen molar-refractivity contribution in [1.29, 1.82) is 0 Å². The van der Waals surface area contributed by atoms with Crippen LogP contribution in [-0.4, -0.2) is 12.8 Å². The summed E-state index contributed by atoms with van der Waals surface area (Å²) in [6, 6.07) is 16.0. The van der Waals surface area contributed by atoms with Gasteiger partial charge in [0.05, 0.1) is 5.69 Å². The van der Waals surface area contributed by atoms with Crippen molar-refractivity contribution in [2.24, 2.45) is 0 Å². The van der Waals surface area contributed by atoms with Crippen LogP contribution < -0.4 is 5.59 Å². The molecule has 0 radical (unpaired) electrons. The van der Waals surface area contributed by atoms with E-state index in [1.165, 1.54) is 58.7 Å². The molecule has 0 unspecified atom stereocenters. The lowest BCUT2D eigenvalue weighted by atomic mass is 9.91. The quantitative estimate of drug-likeness (QED) is 0.638. The van der Waals surface area contributed by atoms with Gasteiger partial charge >= 0.3 is 0 Å². The third kappa shape index (κ3) is 2.86. The number of hydrogen-bond acceptors (Lipinski definition) is 1. The molecule has 0 bridgehead atoms. The van der Waals surface area contributed by atoms with Gasteiger partial charge in [-0.05, 0) is 67.3 Å². The number of hydrogen-bond donors (Lipinski definition) is 0. The van der Waals surface area contributed by atoms with Crippen molar-refractivity contribution in [2.45, 2.75) is 45.4 Å². The van der Waals surface area contributed by atoms with Crippen LogP contribution in [0.25, 0.3) is 22.0 Å². The Morgan fingerprint density at radius 1 is 0.917 bits per heavy atom. The van der Waals surface area contributed by atoms with Crippen LogP contribution in [0.1, 0.15) is 48.3 Å². The number of aryl methyl sites for hydroxylation is 2. The van der Waals surface area contributed by atoms with E-state index in [4.69, 9.17) is 4.98 Å². The SMILES string of the molecule is Bc1cc2cc(C3CCCC3)ccc2c(-c2cc(C)cc(C)c2)n1. The van der Waals surface area contributed by atoms with Crippen molar-refractivity contribution in [3.63, 3.8) is 0 Å². The minimum absolute atomic E-state index is 0.757. The van der Waals surface area contributed by atoms with E-state index < -0.39 is 0 Å². The minimum atomic E-state index is 0.757. The van der Waals surface area contributed by atoms with E-state index >= 15 is 0 Å². The van der Waals surface area contributed by atoms with Gasteiger partial charge in [-0.25, -0.2) is 0 Å². The van der Waals surface area contributed by atoms with Gasteiger partial charge in [-0.1, -0.05) is 48.2 Å². The van der Waals surface area contributed by atoms with E-state index in [0.29, 0.717) is 0 Å². The third-order valence-electron chi connectivity index (χ3n) is 5.30. The third-order valence-corrected chi connectivity index (χ3v) is 5.30. The standard InChI is InChI=1S/C22H24BN/c1-14-9-15(2)11-19(10-14)22-20-8-7-17(16-5-3-4-6-16)12-18(20)13-21(23)24-22/h7-13,16H,3-6,23H2,1-2H3. The van der Waals surface area contributed by atoms with E-state index in [9.17, 15) is 0 Å². The number of fused-ring (bicyclic) bond motifs is 1. The molecule has 24 heavy (non-hydrogen) atoms. The molecule has 120 valence electrons. The molecular weight excluding hydrogens is 289 g/mol. The first-order valence-electron chi connectivity index (χ1n) is 9.10. The minimum Gasteiger partial charge on any atom is -0.263 e. The second-order valence-corrected chi connectivity index (χ2v) is 7.45. The summed E-state index contributed by atoms with van der Waals surface area (Å²) in [4.78, 5) is 4.88. The van der Waals surface area contributed by atoms with Crippen molar-refractivity contribution in [3.05, 3.63) is 59.2 Å². The van der Waals surface area contributed by atoms with E-state index in [1.54, 1.807) is 0 Å². The predicted octanol–water partition coefficient (Wildman–Crippen LogP) is 4.43. The average molecular weight is 313 g/mol. The summed E-state index contributed by atoms with van der Waals surface area (Å²) in [6.07, 6.45) is 5.46. The van der Waals surface area contributed by atoms with Crippen molar-refractivity contribution >= 4 is 24.2 Å². The van der Waals surface area contributed by atoms with Crippen LogP contribution >= 0.6 is 0 Å². The molecule has 1 aromatic heterocycles. The van der Waals surface area contributed by atoms with E-state index in [0.717, 1.165) is 17.2 Å². The first-order valence-corrected chi connectivity index (χ1v) is 9.10. The molecule has 3 aromatic rings. The number of nitrogens with zero attached hydrogens (tertiary/aromatic N) is 1. The molecule has 1 saturated carbocycles. The van der Waals surface area contributed by atoms with Crippen LogP contribution in [0, 0.1) is 13.8 Å². The highest BCUT2D eigenvalue weighted by atomic mass is 14.7. The fourth-order valence-corrected chi connectivity index (χ4v) is 4.25. The summed E-state index contributed by atoms with van der Waals surface area (Å²) in [5.41, 5.74) is 7.55. The van der Waals surface area contributed by atoms with Crippen LogP contribution in [0.5, 0.6) is 0 Å². The maximum absolute atomic E-state index is 4.88. The van der Waals surface area contributed by atoms with E-state index in [-0.39, 0.29) is 0 Å². The van der Waals surface area contributed by atoms with Gasteiger partial charge in [-0.15, -0.1) is 0 Å². The molecule has 0 N–H and O–H groups in total. The first-order chi connectivity index (χ1) is 11.6. The van der Waals surface area contributed by atoms with Crippen LogP contribution in [0.4, 0.5) is 0 Å². The zero-order valence-electron chi connectivity index (χ0n) is 14.9. The molecule has 2 aromatic carbocycles. The summed E-state index contributed by atoms with van der Waals surface area (Å²) < 4.78 is 0. The largest absolute Gasteiger partial charge is 0.263 e. The predicted molar refractivity (Wildman–Crippen MR) is 106 cm³/mol. The molecular formula is C22H24BN. The highest BCUT2D eigenvalue weighted by Crippen LogP contribution is 2.36. The van der Waals surface area contributed by atoms with Crippen LogP contribution in [0.3, 0.4) is 0 Å². The molecule has 1 heterocycles. The lowest BCUT2D eigenvalue weighted by Gasteiger charge is -2.14. The lowest BCUT2D eigenvalue weighted by Crippen LogP contribution is -2.09. The van der Waals surface area contributed by atoms with Crippen molar-refractivity contribution in [2.75, 3.05) is 0 Å². The van der Waals surface area contributed by atoms with E-state index in [1.807, 2.05) is 0 Å². The maximum Gasteiger partial charge on any atom is 0.163 e. The van der Waals surface area contributed by atoms with Crippen LogP contribution in [0.2, 0.25) is 0 Å². The molecule has 0 aliphatic heterocycles. The van der Waals surface area contributed by atoms with Gasteiger partial charge in [0.25, 0.3) is 0 Å². The Hall–Kier alpha value is -2.09. The fraction of sp³-hybridized carbons (Fsp3) is 0.318. The van der Waals surface area contributed by atoms with Crippen molar-refractivity contribution in [3.8, 4) is 11.3 Å². The van der Waals surface area contributed by atoms with Gasteiger partial charge in [0.15, 0.2) is 7.85 Å². The molecule has 1 aliphatic carbocycles. The Balaban J connectivity index is 1.89. The molecule has 1 aliphatic rings. The lowest BCUT2D eigenvalue weighted by molar-refractivity contribution is 0.724. The van der Waals surface area contributed by atoms with Crippen LogP contribution in [0.15, 0.2) is 42.5 Å². The van der Waals surface area contributed by atoms with Gasteiger partial charge in [-0.2, -0.15) is 0 Å². The molecule has 0 saturated heterocycles. The smallest absolute Gasteiger partial charge is 0.163 e. The summed E-state index contributed by atoms with van der Waals surface area (Å²) in [5, 5.41) is 2.61. The summed E-state index contributed by atoms with van der Waals surface area (Å²) >= 11 is 0. The molecule has 2 heteroatoms. The fourth-order valence-electron chi connectivity index (χ4n) is 4.25. The highest BCUT2D eigenvalue weighted by Gasteiger charge is 2.18. The summed E-state index contributed by atoms with van der Waals surface area (Å²) in [6.45, 7) is 4.32. The second kappa shape index (κ2) is 6.09. The van der Waals surface area contributed by atoms with Crippen molar-refractivity contribution < 1.29 is 0 Å². The summed E-state index contributed by atoms with van der Waals surface area (Å²) in [5.74, 6) is 0.757. The molecule has 0 spiro atoms. The molecule has 1 nitrogen and oxygen atoms in total. The molecule has 1 fully saturated rings. The Kier molecular flexibility index (Phi) is 3.92. The second-order valence-electron chi connectivity index (χ2n) is 7.45. The Morgan fingerprint density at radius 2 is 1.62 bits per heavy atom. The maximum atomic E-state index is 4.88. The molecule has 0 amide bonds. The van der Waals surface area contributed by atoms with Crippen molar-refractivity contribution in [1.82, 2.24) is 4.98 Å². The normalized spacial score (nSPS) is 15.2. The number of rotatable bonds is 2. The zero-order chi connectivity index (χ0) is 16.7. The Labute approximate surface area is 145 Å². The van der Waals surface area contributed by atoms with Gasteiger partial charge < -0.3 is 0 Å². The highest BCUT2D eigenvalue weighted by molar-refractivity contribution is 6.32. The van der Waals surface area contributed by atoms with Gasteiger partial charge in [-0.3, -0.25) is 4.98 Å². The topological polar surface area (TPSA) is 12.9 Å². The molecule has 0 atom stereocenters. The van der Waals surface area contributed by atoms with Gasteiger partial charge in [0.1, 0.15) is 0 Å². The number of benzene rings is 2. The van der Waals surface area contributed by atoms with Gasteiger partial charge in [0.2, 0.25) is 0 Å². The molecule has 4 rings (SSSR count). The number of aromatic nitrogens is 1. The summed E-state index contributed by atoms with van der Waals surface area (Å²) in [7, 11) is 2.10. The number of pyridine rings is 1. The van der Waals surface area contributed by atoms with Gasteiger partial charge in [0, 0.05) is 10.9 Å². The van der Waals surface area contributed by atoms with E-state index in [2.05, 4.69) is 64.2 Å². The van der Waals surface area contributed by atoms with Crippen LogP contribution in [-0.2, 0) is 0 Å². The first kappa shape index (κ1) is 15.4. The average Bonchev–Trinajstić information content (AvgIpc) is 3.07. The monoisotopic (exact) mass is 313 g/mol. The zero-order valence-corrected chi connectivity index (χ0v) is 14.9. The Bertz CT molecular complexity index is 887. The Morgan fingerprint density at radius 3 is 2.33 bits per heavy atom.